The zero-order valence-electron chi connectivity index (χ0n) is 33.4. The van der Waals surface area contributed by atoms with Crippen LogP contribution in [0.1, 0.15) is 11.1 Å². The third-order valence-electron chi connectivity index (χ3n) is 9.85. The highest BCUT2D eigenvalue weighted by Crippen LogP contribution is 2.34. The van der Waals surface area contributed by atoms with Crippen molar-refractivity contribution >= 4 is 48.7 Å². The molecule has 314 valence electrons. The van der Waals surface area contributed by atoms with Gasteiger partial charge in [0.15, 0.2) is 0 Å². The summed E-state index contributed by atoms with van der Waals surface area (Å²) in [5.74, 6) is 0.753. The summed E-state index contributed by atoms with van der Waals surface area (Å²) >= 11 is 0. The molecule has 5 aromatic rings. The monoisotopic (exact) mass is 851 g/mol. The maximum atomic E-state index is 12.3. The van der Waals surface area contributed by atoms with E-state index >= 15 is 0 Å². The van der Waals surface area contributed by atoms with Crippen LogP contribution in [0.15, 0.2) is 168 Å². The number of aliphatic hydroxyl groups excluding tert-OH is 1. The van der Waals surface area contributed by atoms with Crippen molar-refractivity contribution < 1.29 is 35.0 Å². The average molecular weight is 852 g/mol. The Morgan fingerprint density at radius 1 is 0.683 bits per heavy atom. The van der Waals surface area contributed by atoms with Crippen LogP contribution in [-0.4, -0.2) is 73.2 Å². The second-order valence-electron chi connectivity index (χ2n) is 13.7. The number of aliphatic hydroxyl groups is 1. The van der Waals surface area contributed by atoms with Crippen LogP contribution >= 0.6 is 0 Å². The Morgan fingerprint density at radius 3 is 1.67 bits per heavy atom. The van der Waals surface area contributed by atoms with Crippen LogP contribution in [0.5, 0.6) is 5.75 Å². The Kier molecular flexibility index (Phi) is 14.6. The summed E-state index contributed by atoms with van der Waals surface area (Å²) in [6.07, 6.45) is 9.88. The van der Waals surface area contributed by atoms with Crippen molar-refractivity contribution in [3.05, 3.63) is 169 Å². The smallest absolute Gasteiger partial charge is 0.296 e. The second kappa shape index (κ2) is 20.0. The van der Waals surface area contributed by atoms with E-state index < -0.39 is 20.2 Å². The molecule has 13 nitrogen and oxygen atoms in total. The van der Waals surface area contributed by atoms with Gasteiger partial charge in [0.05, 0.1) is 43.5 Å². The lowest BCUT2D eigenvalue weighted by Crippen LogP contribution is -2.37. The van der Waals surface area contributed by atoms with Gasteiger partial charge in [-0.05, 0) is 108 Å². The molecule has 0 aliphatic heterocycles. The SMILES string of the molecule is C=CCOc1ccc(Nc2ccc(N(c3ccc(N(CN)Cc4cccc(S(=O)(=O)OC)c4)cc3)C3C=CC(N(CO)Cc4cccc(S(=O)(=O)OC)c4)C=C3)cc2)cc1. The Balaban J connectivity index is 1.25. The van der Waals surface area contributed by atoms with E-state index in [2.05, 4.69) is 33.1 Å². The summed E-state index contributed by atoms with van der Waals surface area (Å²) < 4.78 is 64.3. The zero-order chi connectivity index (χ0) is 42.7. The number of hydrogen-bond acceptors (Lipinski definition) is 13. The third kappa shape index (κ3) is 10.9. The van der Waals surface area contributed by atoms with E-state index in [0.29, 0.717) is 25.3 Å². The molecule has 6 rings (SSSR count). The molecule has 0 fully saturated rings. The minimum absolute atomic E-state index is 0.0473. The molecular weight excluding hydrogens is 803 g/mol. The number of nitrogens with one attached hydrogen (secondary N) is 1. The number of hydrogen-bond donors (Lipinski definition) is 3. The standard InChI is InChI=1S/C45H49N5O8S2/c1-4-27-58-43-25-13-37(14-26-43)47-36-11-15-40(16-12-36)50(41-21-17-38(18-22-41)48(32-46)30-34-7-5-9-44(28-34)59(52,53)56-2)42-23-19-39(20-24-42)49(33-51)31-35-8-6-10-45(29-35)60(54,55)57-3/h4-26,28-29,39,42,47,51H,1,27,30-33,46H2,2-3H3. The molecule has 0 aromatic heterocycles. The fourth-order valence-electron chi connectivity index (χ4n) is 6.74. The molecule has 0 saturated heterocycles. The summed E-state index contributed by atoms with van der Waals surface area (Å²) in [6, 6.07) is 36.4. The quantitative estimate of drug-likeness (QED) is 0.0416. The molecule has 4 N–H and O–H groups in total. The van der Waals surface area contributed by atoms with E-state index in [1.165, 1.54) is 12.1 Å². The molecule has 0 atom stereocenters. The fourth-order valence-corrected chi connectivity index (χ4v) is 8.20. The first-order valence-corrected chi connectivity index (χ1v) is 21.8. The summed E-state index contributed by atoms with van der Waals surface area (Å²) in [5, 5.41) is 13.9. The average Bonchev–Trinajstić information content (AvgIpc) is 3.28. The molecule has 15 heteroatoms. The fraction of sp³-hybridized carbons (Fsp3) is 0.200. The number of anilines is 5. The number of nitrogens with zero attached hydrogens (tertiary/aromatic N) is 3. The van der Waals surface area contributed by atoms with Crippen LogP contribution in [0.2, 0.25) is 0 Å². The van der Waals surface area contributed by atoms with Gasteiger partial charge < -0.3 is 30.7 Å². The van der Waals surface area contributed by atoms with Crippen molar-refractivity contribution in [1.29, 1.82) is 0 Å². The first-order chi connectivity index (χ1) is 29.0. The lowest BCUT2D eigenvalue weighted by molar-refractivity contribution is 0.0908. The van der Waals surface area contributed by atoms with Gasteiger partial charge in [0.1, 0.15) is 12.4 Å². The van der Waals surface area contributed by atoms with E-state index in [1.54, 1.807) is 30.3 Å². The van der Waals surface area contributed by atoms with E-state index in [4.69, 9.17) is 14.7 Å². The van der Waals surface area contributed by atoms with Gasteiger partial charge in [-0.2, -0.15) is 16.8 Å². The molecular formula is C45H49N5O8S2. The number of rotatable bonds is 20. The predicted molar refractivity (Wildman–Crippen MR) is 235 cm³/mol. The van der Waals surface area contributed by atoms with Crippen LogP contribution in [0.25, 0.3) is 0 Å². The third-order valence-corrected chi connectivity index (χ3v) is 12.4. The van der Waals surface area contributed by atoms with Gasteiger partial charge in [-0.25, -0.2) is 0 Å². The lowest BCUT2D eigenvalue weighted by atomic mass is 10.0. The Morgan fingerprint density at radius 2 is 1.17 bits per heavy atom. The number of nitrogens with two attached hydrogens (primary N) is 1. The van der Waals surface area contributed by atoms with Crippen molar-refractivity contribution in [2.45, 2.75) is 35.0 Å². The number of ether oxygens (including phenoxy) is 1. The highest BCUT2D eigenvalue weighted by molar-refractivity contribution is 7.87. The van der Waals surface area contributed by atoms with Crippen molar-refractivity contribution in [3.63, 3.8) is 0 Å². The second-order valence-corrected chi connectivity index (χ2v) is 17.2. The zero-order valence-corrected chi connectivity index (χ0v) is 35.0. The van der Waals surface area contributed by atoms with Gasteiger partial charge in [-0.1, -0.05) is 61.2 Å². The molecule has 0 amide bonds. The van der Waals surface area contributed by atoms with E-state index in [0.717, 1.165) is 54.0 Å². The van der Waals surface area contributed by atoms with Gasteiger partial charge >= 0.3 is 0 Å². The summed E-state index contributed by atoms with van der Waals surface area (Å²) in [6.45, 7) is 4.71. The molecule has 0 unspecified atom stereocenters. The number of benzene rings is 5. The van der Waals surface area contributed by atoms with E-state index in [-0.39, 0.29) is 35.3 Å². The summed E-state index contributed by atoms with van der Waals surface area (Å²) in [4.78, 5) is 6.08. The van der Waals surface area contributed by atoms with E-state index in [9.17, 15) is 21.9 Å². The van der Waals surface area contributed by atoms with Crippen LogP contribution < -0.4 is 25.6 Å². The van der Waals surface area contributed by atoms with Crippen molar-refractivity contribution in [3.8, 4) is 5.75 Å². The molecule has 60 heavy (non-hydrogen) atoms. The van der Waals surface area contributed by atoms with Crippen LogP contribution in [0.4, 0.5) is 28.4 Å². The lowest BCUT2D eigenvalue weighted by Gasteiger charge is -2.35. The van der Waals surface area contributed by atoms with Crippen LogP contribution in [-0.2, 0) is 41.7 Å². The Bertz CT molecular complexity index is 2480. The Labute approximate surface area is 352 Å². The minimum Gasteiger partial charge on any atom is -0.490 e. The summed E-state index contributed by atoms with van der Waals surface area (Å²) in [5.41, 5.74) is 12.1. The highest BCUT2D eigenvalue weighted by atomic mass is 32.2. The van der Waals surface area contributed by atoms with Gasteiger partial charge in [-0.15, -0.1) is 0 Å². The Hall–Kier alpha value is -5.78. The maximum absolute atomic E-state index is 12.3. The molecule has 0 saturated carbocycles. The maximum Gasteiger partial charge on any atom is 0.296 e. The van der Waals surface area contributed by atoms with Gasteiger partial charge in [0.2, 0.25) is 0 Å². The molecule has 0 heterocycles. The van der Waals surface area contributed by atoms with Crippen molar-refractivity contribution in [2.24, 2.45) is 5.73 Å². The van der Waals surface area contributed by atoms with Gasteiger partial charge in [-0.3, -0.25) is 13.3 Å². The van der Waals surface area contributed by atoms with Crippen LogP contribution in [0, 0.1) is 0 Å². The molecule has 0 spiro atoms. The molecule has 5 aromatic carbocycles. The first-order valence-electron chi connectivity index (χ1n) is 19.0. The largest absolute Gasteiger partial charge is 0.490 e. The topological polar surface area (TPSA) is 164 Å². The van der Waals surface area contributed by atoms with E-state index in [1.807, 2.05) is 107 Å². The molecule has 1 aliphatic carbocycles. The summed E-state index contributed by atoms with van der Waals surface area (Å²) in [7, 11) is -5.46. The minimum atomic E-state index is -3.87. The molecule has 0 radical (unpaired) electrons. The van der Waals surface area contributed by atoms with Crippen molar-refractivity contribution in [2.75, 3.05) is 49.3 Å². The van der Waals surface area contributed by atoms with Crippen LogP contribution in [0.3, 0.4) is 0 Å². The van der Waals surface area contributed by atoms with Crippen molar-refractivity contribution in [1.82, 2.24) is 4.90 Å². The normalized spacial score (nSPS) is 15.2. The molecule has 0 bridgehead atoms. The van der Waals surface area contributed by atoms with Gasteiger partial charge in [0, 0.05) is 47.6 Å². The van der Waals surface area contributed by atoms with Gasteiger partial charge in [0.25, 0.3) is 20.2 Å². The predicted octanol–water partition coefficient (Wildman–Crippen LogP) is 7.04. The first kappa shape index (κ1) is 43.8. The molecule has 1 aliphatic rings. The highest BCUT2D eigenvalue weighted by Gasteiger charge is 2.24.